The second kappa shape index (κ2) is 7.65. The smallest absolute Gasteiger partial charge is 0.411 e. The van der Waals surface area contributed by atoms with E-state index in [9.17, 15) is 9.90 Å². The molecule has 0 saturated carbocycles. The highest BCUT2D eigenvalue weighted by Crippen LogP contribution is 2.39. The molecule has 2 atom stereocenters. The fraction of sp³-hybridized carbons (Fsp3) is 0.700. The van der Waals surface area contributed by atoms with Crippen molar-refractivity contribution in [3.8, 4) is 0 Å². The molecule has 0 fully saturated rings. The Morgan fingerprint density at radius 2 is 2.00 bits per heavy atom. The molecular weight excluding hydrogens is 376 g/mol. The van der Waals surface area contributed by atoms with Gasteiger partial charge < -0.3 is 18.7 Å². The number of aromatic nitrogens is 1. The maximum absolute atomic E-state index is 12.9. The van der Waals surface area contributed by atoms with Crippen molar-refractivity contribution in [2.75, 3.05) is 13.2 Å². The Kier molecular flexibility index (Phi) is 6.18. The first kappa shape index (κ1) is 22.6. The number of oxazole rings is 1. The van der Waals surface area contributed by atoms with Crippen LogP contribution in [0.4, 0.5) is 4.79 Å². The molecule has 0 bridgehead atoms. The Hall–Kier alpha value is -1.64. The van der Waals surface area contributed by atoms with Crippen molar-refractivity contribution in [3.05, 3.63) is 30.5 Å². The molecule has 1 aliphatic heterocycles. The summed E-state index contributed by atoms with van der Waals surface area (Å²) in [5.74, 6) is 0.126. The zero-order valence-electron chi connectivity index (χ0n) is 18.3. The van der Waals surface area contributed by atoms with Crippen LogP contribution < -0.4 is 0 Å². The summed E-state index contributed by atoms with van der Waals surface area (Å²) < 4.78 is 17.3. The van der Waals surface area contributed by atoms with E-state index in [1.165, 1.54) is 17.4 Å². The van der Waals surface area contributed by atoms with E-state index in [0.717, 1.165) is 0 Å². The van der Waals surface area contributed by atoms with Crippen LogP contribution in [0.2, 0.25) is 18.1 Å². The minimum atomic E-state index is -2.11. The summed E-state index contributed by atoms with van der Waals surface area (Å²) in [6.45, 7) is 16.6. The number of aliphatic hydroxyl groups is 1. The van der Waals surface area contributed by atoms with Gasteiger partial charge >= 0.3 is 6.09 Å². The Morgan fingerprint density at radius 3 is 2.50 bits per heavy atom. The highest BCUT2D eigenvalue weighted by atomic mass is 28.4. The lowest BCUT2D eigenvalue weighted by Gasteiger charge is -2.44. The number of carbonyl (C=O) groups is 1. The van der Waals surface area contributed by atoms with Gasteiger partial charge in [-0.25, -0.2) is 9.78 Å². The molecule has 0 aromatic carbocycles. The zero-order chi connectivity index (χ0) is 21.4. The molecule has 1 N–H and O–H groups in total. The minimum absolute atomic E-state index is 0.00466. The third-order valence-corrected chi connectivity index (χ3v) is 9.87. The summed E-state index contributed by atoms with van der Waals surface area (Å²) in [7, 11) is -2.11. The quantitative estimate of drug-likeness (QED) is 0.595. The summed E-state index contributed by atoms with van der Waals surface area (Å²) in [6.07, 6.45) is 5.71. The normalized spacial score (nSPS) is 23.8. The van der Waals surface area contributed by atoms with E-state index in [4.69, 9.17) is 13.6 Å². The molecule has 1 aromatic heterocycles. The third kappa shape index (κ3) is 4.85. The van der Waals surface area contributed by atoms with E-state index in [-0.39, 0.29) is 17.5 Å². The van der Waals surface area contributed by atoms with Crippen molar-refractivity contribution in [2.45, 2.75) is 76.9 Å². The van der Waals surface area contributed by atoms with Crippen LogP contribution in [0, 0.1) is 0 Å². The number of nitrogens with zero attached hydrogens (tertiary/aromatic N) is 2. The van der Waals surface area contributed by atoms with Crippen molar-refractivity contribution in [3.63, 3.8) is 0 Å². The molecule has 0 spiro atoms. The van der Waals surface area contributed by atoms with Crippen LogP contribution in [-0.4, -0.2) is 54.2 Å². The molecule has 1 aliphatic rings. The molecule has 8 heteroatoms. The van der Waals surface area contributed by atoms with E-state index in [0.29, 0.717) is 6.54 Å². The summed E-state index contributed by atoms with van der Waals surface area (Å²) in [4.78, 5) is 18.5. The molecule has 7 nitrogen and oxygen atoms in total. The van der Waals surface area contributed by atoms with Gasteiger partial charge in [-0.15, -0.1) is 0 Å². The van der Waals surface area contributed by atoms with Gasteiger partial charge in [0.25, 0.3) is 0 Å². The van der Waals surface area contributed by atoms with Crippen molar-refractivity contribution in [2.24, 2.45) is 0 Å². The average Bonchev–Trinajstić information content (AvgIpc) is 3.05. The van der Waals surface area contributed by atoms with Crippen LogP contribution in [0.5, 0.6) is 0 Å². The van der Waals surface area contributed by atoms with Crippen molar-refractivity contribution >= 4 is 14.4 Å². The first-order chi connectivity index (χ1) is 12.7. The molecule has 2 rings (SSSR count). The summed E-state index contributed by atoms with van der Waals surface area (Å²) >= 11 is 0. The fourth-order valence-electron chi connectivity index (χ4n) is 2.70. The van der Waals surface area contributed by atoms with Crippen molar-refractivity contribution < 1.29 is 23.5 Å². The first-order valence-corrected chi connectivity index (χ1v) is 12.5. The fourth-order valence-corrected chi connectivity index (χ4v) is 3.71. The van der Waals surface area contributed by atoms with Crippen LogP contribution in [0.25, 0.3) is 0 Å². The van der Waals surface area contributed by atoms with Crippen molar-refractivity contribution in [1.29, 1.82) is 0 Å². The molecular formula is C20H34N2O5Si. The molecule has 28 heavy (non-hydrogen) atoms. The van der Waals surface area contributed by atoms with Gasteiger partial charge in [0.05, 0.1) is 18.8 Å². The summed E-state index contributed by atoms with van der Waals surface area (Å²) in [5.41, 5.74) is -2.24. The van der Waals surface area contributed by atoms with Crippen molar-refractivity contribution in [1.82, 2.24) is 9.88 Å². The third-order valence-electron chi connectivity index (χ3n) is 5.37. The van der Waals surface area contributed by atoms with Gasteiger partial charge in [-0.2, -0.15) is 0 Å². The maximum Gasteiger partial charge on any atom is 0.411 e. The van der Waals surface area contributed by atoms with Gasteiger partial charge in [-0.3, -0.25) is 4.90 Å². The topological polar surface area (TPSA) is 85.0 Å². The van der Waals surface area contributed by atoms with E-state index in [1.54, 1.807) is 12.2 Å². The Morgan fingerprint density at radius 1 is 1.36 bits per heavy atom. The molecule has 2 heterocycles. The molecule has 0 aliphatic carbocycles. The van der Waals surface area contributed by atoms with Crippen LogP contribution >= 0.6 is 0 Å². The standard InChI is InChI=1S/C20H34N2O5Si/c1-18(2,3)27-17(23)22-12-9-10-20(24,16-21-11-13-25-16)15(22)14-26-28(7,8)19(4,5)6/h9-11,13,15,24H,12,14H2,1-8H3/t15-,20?/m1/s1. The monoisotopic (exact) mass is 410 g/mol. The lowest BCUT2D eigenvalue weighted by molar-refractivity contribution is -0.0639. The number of hydrogen-bond donors (Lipinski definition) is 1. The van der Waals surface area contributed by atoms with Gasteiger partial charge in [-0.1, -0.05) is 26.8 Å². The molecule has 1 amide bonds. The largest absolute Gasteiger partial charge is 0.446 e. The molecule has 1 aromatic rings. The van der Waals surface area contributed by atoms with Gasteiger partial charge in [0, 0.05) is 6.54 Å². The highest BCUT2D eigenvalue weighted by Gasteiger charge is 2.49. The minimum Gasteiger partial charge on any atom is -0.446 e. The molecule has 0 radical (unpaired) electrons. The SMILES string of the molecule is CC(C)(C)OC(=O)N1CC=CC(O)(c2ncco2)[C@H]1CO[Si](C)(C)C(C)(C)C. The van der Waals surface area contributed by atoms with Crippen LogP contribution in [-0.2, 0) is 14.8 Å². The Balaban J connectivity index is 2.37. The van der Waals surface area contributed by atoms with Gasteiger partial charge in [0.15, 0.2) is 13.9 Å². The predicted octanol–water partition coefficient (Wildman–Crippen LogP) is 4.06. The Bertz CT molecular complexity index is 703. The summed E-state index contributed by atoms with van der Waals surface area (Å²) in [6, 6.07) is -0.722. The van der Waals surface area contributed by atoms with Gasteiger partial charge in [0.2, 0.25) is 5.89 Å². The van der Waals surface area contributed by atoms with Gasteiger partial charge in [-0.05, 0) is 45.0 Å². The molecule has 1 unspecified atom stereocenters. The summed E-state index contributed by atoms with van der Waals surface area (Å²) in [5, 5.41) is 11.4. The maximum atomic E-state index is 12.9. The van der Waals surface area contributed by atoms with E-state index < -0.39 is 31.7 Å². The average molecular weight is 411 g/mol. The van der Waals surface area contributed by atoms with Crippen LogP contribution in [0.1, 0.15) is 47.4 Å². The van der Waals surface area contributed by atoms with Gasteiger partial charge in [0.1, 0.15) is 11.9 Å². The molecule has 0 saturated heterocycles. The number of ether oxygens (including phenoxy) is 1. The number of hydrogen-bond acceptors (Lipinski definition) is 6. The van der Waals surface area contributed by atoms with E-state index in [2.05, 4.69) is 38.8 Å². The Labute approximate surface area is 168 Å². The van der Waals surface area contributed by atoms with Crippen LogP contribution in [0.3, 0.4) is 0 Å². The number of carbonyl (C=O) groups excluding carboxylic acids is 1. The first-order valence-electron chi connectivity index (χ1n) is 9.61. The number of amides is 1. The highest BCUT2D eigenvalue weighted by molar-refractivity contribution is 6.74. The zero-order valence-corrected chi connectivity index (χ0v) is 19.3. The van der Waals surface area contributed by atoms with E-state index in [1.807, 2.05) is 20.8 Å². The van der Waals surface area contributed by atoms with Crippen LogP contribution in [0.15, 0.2) is 29.0 Å². The molecule has 158 valence electrons. The predicted molar refractivity (Wildman–Crippen MR) is 109 cm³/mol. The number of rotatable bonds is 4. The lowest BCUT2D eigenvalue weighted by Crippen LogP contribution is -2.59. The second-order valence-electron chi connectivity index (χ2n) is 9.78. The van der Waals surface area contributed by atoms with E-state index >= 15 is 0 Å². The lowest BCUT2D eigenvalue weighted by atomic mass is 9.89. The second-order valence-corrected chi connectivity index (χ2v) is 14.6.